The third-order valence-electron chi connectivity index (χ3n) is 2.65. The molecule has 0 unspecified atom stereocenters. The van der Waals surface area contributed by atoms with Gasteiger partial charge in [0, 0.05) is 0 Å². The summed E-state index contributed by atoms with van der Waals surface area (Å²) in [6, 6.07) is 0.714. The van der Waals surface area contributed by atoms with E-state index >= 15 is 0 Å². The minimum atomic E-state index is -2.05. The Morgan fingerprint density at radius 2 is 1.38 bits per heavy atom. The second-order valence-electron chi connectivity index (χ2n) is 4.20. The van der Waals surface area contributed by atoms with Crippen LogP contribution < -0.4 is 10.6 Å². The SMILES string of the molecule is O=C(NC(=O)c1c(F)cccc1F)Nc1c(F)c(F)nc(F)c1F. The number of urea groups is 1. The Morgan fingerprint density at radius 1 is 0.875 bits per heavy atom. The van der Waals surface area contributed by atoms with Crippen molar-refractivity contribution in [3.63, 3.8) is 0 Å². The van der Waals surface area contributed by atoms with Crippen LogP contribution in [0.1, 0.15) is 10.4 Å². The van der Waals surface area contributed by atoms with Crippen molar-refractivity contribution < 1.29 is 35.9 Å². The van der Waals surface area contributed by atoms with E-state index < -0.39 is 58.4 Å². The van der Waals surface area contributed by atoms with E-state index in [1.807, 2.05) is 0 Å². The third kappa shape index (κ3) is 3.29. The van der Waals surface area contributed by atoms with E-state index in [1.54, 1.807) is 0 Å². The summed E-state index contributed by atoms with van der Waals surface area (Å²) < 4.78 is 79.1. The fourth-order valence-electron chi connectivity index (χ4n) is 1.62. The number of hydrogen-bond acceptors (Lipinski definition) is 3. The third-order valence-corrected chi connectivity index (χ3v) is 2.65. The zero-order valence-corrected chi connectivity index (χ0v) is 11.3. The van der Waals surface area contributed by atoms with Gasteiger partial charge in [-0.3, -0.25) is 10.1 Å². The summed E-state index contributed by atoms with van der Waals surface area (Å²) in [5.74, 6) is -12.4. The zero-order valence-electron chi connectivity index (χ0n) is 11.3. The first-order valence-corrected chi connectivity index (χ1v) is 5.98. The lowest BCUT2D eigenvalue weighted by molar-refractivity contribution is 0.0959. The maximum Gasteiger partial charge on any atom is 0.326 e. The van der Waals surface area contributed by atoms with Crippen molar-refractivity contribution in [1.82, 2.24) is 10.3 Å². The van der Waals surface area contributed by atoms with Crippen molar-refractivity contribution in [2.45, 2.75) is 0 Å². The summed E-state index contributed by atoms with van der Waals surface area (Å²) in [5.41, 5.74) is -2.71. The maximum absolute atomic E-state index is 13.4. The Morgan fingerprint density at radius 3 is 1.88 bits per heavy atom. The summed E-state index contributed by atoms with van der Waals surface area (Å²) in [6.45, 7) is 0. The lowest BCUT2D eigenvalue weighted by Crippen LogP contribution is -2.36. The molecule has 2 aromatic rings. The summed E-state index contributed by atoms with van der Waals surface area (Å²) in [6.07, 6.45) is 0. The summed E-state index contributed by atoms with van der Waals surface area (Å²) in [4.78, 5) is 25.3. The number of benzene rings is 1. The monoisotopic (exact) mass is 349 g/mol. The Hall–Kier alpha value is -3.11. The number of pyridine rings is 1. The van der Waals surface area contributed by atoms with Gasteiger partial charge in [-0.1, -0.05) is 6.07 Å². The van der Waals surface area contributed by atoms with Gasteiger partial charge in [0.15, 0.2) is 0 Å². The molecule has 0 atom stereocenters. The number of halogens is 6. The molecule has 2 N–H and O–H groups in total. The molecule has 0 aliphatic carbocycles. The molecule has 1 aromatic heterocycles. The molecule has 5 nitrogen and oxygen atoms in total. The highest BCUT2D eigenvalue weighted by Crippen LogP contribution is 2.22. The molecule has 1 heterocycles. The van der Waals surface area contributed by atoms with Crippen molar-refractivity contribution in [1.29, 1.82) is 0 Å². The van der Waals surface area contributed by atoms with Crippen LogP contribution in [-0.2, 0) is 0 Å². The average Bonchev–Trinajstić information content (AvgIpc) is 2.49. The fraction of sp³-hybridized carbons (Fsp3) is 0. The zero-order chi connectivity index (χ0) is 18.0. The van der Waals surface area contributed by atoms with Gasteiger partial charge >= 0.3 is 6.03 Å². The van der Waals surface area contributed by atoms with E-state index in [2.05, 4.69) is 4.98 Å². The predicted molar refractivity (Wildman–Crippen MR) is 66.9 cm³/mol. The smallest absolute Gasteiger partial charge is 0.302 e. The van der Waals surface area contributed by atoms with Crippen LogP contribution in [0.25, 0.3) is 0 Å². The van der Waals surface area contributed by atoms with Crippen LogP contribution in [0.3, 0.4) is 0 Å². The molecule has 0 bridgehead atoms. The number of nitrogens with zero attached hydrogens (tertiary/aromatic N) is 1. The molecule has 126 valence electrons. The van der Waals surface area contributed by atoms with Gasteiger partial charge in [-0.25, -0.2) is 13.6 Å². The fourth-order valence-corrected chi connectivity index (χ4v) is 1.62. The van der Waals surface area contributed by atoms with Gasteiger partial charge in [-0.2, -0.15) is 22.5 Å². The van der Waals surface area contributed by atoms with Gasteiger partial charge in [-0.15, -0.1) is 0 Å². The summed E-state index contributed by atoms with van der Waals surface area (Å²) in [7, 11) is 0. The Balaban J connectivity index is 2.22. The Labute approximate surface area is 129 Å². The molecule has 11 heteroatoms. The molecule has 2 rings (SSSR count). The van der Waals surface area contributed by atoms with Crippen molar-refractivity contribution in [2.24, 2.45) is 0 Å². The van der Waals surface area contributed by atoms with Gasteiger partial charge in [0.1, 0.15) is 22.9 Å². The largest absolute Gasteiger partial charge is 0.326 e. The molecular weight excluding hydrogens is 344 g/mol. The molecule has 1 aromatic carbocycles. The van der Waals surface area contributed by atoms with E-state index in [9.17, 15) is 35.9 Å². The van der Waals surface area contributed by atoms with Crippen LogP contribution in [0.2, 0.25) is 0 Å². The number of carbonyl (C=O) groups excluding carboxylic acids is 2. The molecule has 0 spiro atoms. The molecule has 0 fully saturated rings. The number of carbonyl (C=O) groups is 2. The van der Waals surface area contributed by atoms with Gasteiger partial charge in [0.05, 0.1) is 0 Å². The van der Waals surface area contributed by atoms with E-state index in [1.165, 1.54) is 10.6 Å². The summed E-state index contributed by atoms with van der Waals surface area (Å²) in [5, 5.41) is 2.67. The topological polar surface area (TPSA) is 71.1 Å². The average molecular weight is 349 g/mol. The van der Waals surface area contributed by atoms with Crippen molar-refractivity contribution in [2.75, 3.05) is 5.32 Å². The Kier molecular flexibility index (Phi) is 4.71. The van der Waals surface area contributed by atoms with Crippen molar-refractivity contribution in [3.8, 4) is 0 Å². The molecule has 0 saturated heterocycles. The molecular formula is C13H5F6N3O2. The highest BCUT2D eigenvalue weighted by molar-refractivity contribution is 6.08. The molecule has 0 aliphatic rings. The second kappa shape index (κ2) is 6.56. The van der Waals surface area contributed by atoms with Crippen molar-refractivity contribution in [3.05, 3.63) is 58.9 Å². The van der Waals surface area contributed by atoms with Crippen LogP contribution >= 0.6 is 0 Å². The van der Waals surface area contributed by atoms with Crippen LogP contribution in [0.15, 0.2) is 18.2 Å². The normalized spacial score (nSPS) is 10.4. The van der Waals surface area contributed by atoms with Crippen molar-refractivity contribution >= 4 is 17.6 Å². The number of anilines is 1. The number of imide groups is 1. The van der Waals surface area contributed by atoms with Crippen LogP contribution in [0.4, 0.5) is 36.8 Å². The number of amides is 3. The quantitative estimate of drug-likeness (QED) is 0.647. The number of nitrogens with one attached hydrogen (secondary N) is 2. The highest BCUT2D eigenvalue weighted by atomic mass is 19.2. The van der Waals surface area contributed by atoms with E-state index in [4.69, 9.17) is 0 Å². The number of hydrogen-bond donors (Lipinski definition) is 2. The van der Waals surface area contributed by atoms with Gasteiger partial charge in [-0.05, 0) is 12.1 Å². The molecule has 0 saturated carbocycles. The minimum Gasteiger partial charge on any atom is -0.302 e. The predicted octanol–water partition coefficient (Wildman–Crippen LogP) is 2.88. The molecule has 0 aliphatic heterocycles. The van der Waals surface area contributed by atoms with Crippen LogP contribution in [0, 0.1) is 35.2 Å². The van der Waals surface area contributed by atoms with E-state index in [0.29, 0.717) is 0 Å². The second-order valence-corrected chi connectivity index (χ2v) is 4.20. The van der Waals surface area contributed by atoms with E-state index in [-0.39, 0.29) is 0 Å². The molecule has 0 radical (unpaired) electrons. The summed E-state index contributed by atoms with van der Waals surface area (Å²) >= 11 is 0. The number of aromatic nitrogens is 1. The van der Waals surface area contributed by atoms with E-state index in [0.717, 1.165) is 18.2 Å². The first-order valence-electron chi connectivity index (χ1n) is 5.98. The molecule has 3 amide bonds. The maximum atomic E-state index is 13.4. The first kappa shape index (κ1) is 17.2. The highest BCUT2D eigenvalue weighted by Gasteiger charge is 2.24. The first-order chi connectivity index (χ1) is 11.2. The Bertz CT molecular complexity index is 796. The lowest BCUT2D eigenvalue weighted by atomic mass is 10.2. The van der Waals surface area contributed by atoms with Crippen LogP contribution in [-0.4, -0.2) is 16.9 Å². The standard InChI is InChI=1S/C13H5F6N3O2/c14-4-2-1-3-5(15)6(4)12(23)22-13(24)20-9-7(16)10(18)21-11(19)8(9)17/h1-3H,(H2,20,21,22,23,24). The molecule has 24 heavy (non-hydrogen) atoms. The lowest BCUT2D eigenvalue weighted by Gasteiger charge is -2.09. The van der Waals surface area contributed by atoms with Gasteiger partial charge < -0.3 is 5.32 Å². The number of rotatable bonds is 2. The van der Waals surface area contributed by atoms with Crippen LogP contribution in [0.5, 0.6) is 0 Å². The van der Waals surface area contributed by atoms with Gasteiger partial charge in [0.25, 0.3) is 17.8 Å². The van der Waals surface area contributed by atoms with Gasteiger partial charge in [0.2, 0.25) is 11.6 Å². The minimum absolute atomic E-state index is 0.725.